The van der Waals surface area contributed by atoms with Crippen molar-refractivity contribution in [1.29, 1.82) is 0 Å². The number of piperazine rings is 1. The molecule has 0 bridgehead atoms. The van der Waals surface area contributed by atoms with E-state index in [0.29, 0.717) is 6.04 Å². The van der Waals surface area contributed by atoms with E-state index in [4.69, 9.17) is 0 Å². The Bertz CT molecular complexity index is 525. The number of aromatic nitrogens is 3. The number of hydrogen-bond donors (Lipinski definition) is 1. The Morgan fingerprint density at radius 2 is 2.11 bits per heavy atom. The third kappa shape index (κ3) is 2.56. The Labute approximate surface area is 112 Å². The van der Waals surface area contributed by atoms with Gasteiger partial charge in [0.05, 0.1) is 5.69 Å². The molecule has 1 aliphatic heterocycles. The van der Waals surface area contributed by atoms with Crippen LogP contribution in [0.5, 0.6) is 0 Å². The Morgan fingerprint density at radius 1 is 1.16 bits per heavy atom. The highest BCUT2D eigenvalue weighted by molar-refractivity contribution is 5.55. The van der Waals surface area contributed by atoms with Gasteiger partial charge in [0, 0.05) is 31.9 Å². The lowest BCUT2D eigenvalue weighted by molar-refractivity contribution is 0.495. The number of pyridine rings is 1. The van der Waals surface area contributed by atoms with Gasteiger partial charge >= 0.3 is 0 Å². The van der Waals surface area contributed by atoms with Crippen molar-refractivity contribution in [3.05, 3.63) is 36.5 Å². The predicted octanol–water partition coefficient (Wildman–Crippen LogP) is 1.34. The van der Waals surface area contributed by atoms with Gasteiger partial charge in [0.1, 0.15) is 5.69 Å². The molecule has 1 fully saturated rings. The molecule has 2 aromatic heterocycles. The maximum absolute atomic E-state index is 4.34. The van der Waals surface area contributed by atoms with Gasteiger partial charge in [-0.2, -0.15) is 0 Å². The average molecular weight is 255 g/mol. The summed E-state index contributed by atoms with van der Waals surface area (Å²) in [6, 6.07) is 10.3. The van der Waals surface area contributed by atoms with Crippen LogP contribution in [-0.4, -0.2) is 40.9 Å². The minimum absolute atomic E-state index is 0.448. The molecule has 19 heavy (non-hydrogen) atoms. The maximum atomic E-state index is 4.34. The van der Waals surface area contributed by atoms with Crippen molar-refractivity contribution in [1.82, 2.24) is 20.5 Å². The fourth-order valence-corrected chi connectivity index (χ4v) is 2.31. The van der Waals surface area contributed by atoms with Gasteiger partial charge in [0.25, 0.3) is 0 Å². The molecule has 1 aliphatic rings. The summed E-state index contributed by atoms with van der Waals surface area (Å²) in [7, 11) is 0. The number of anilines is 1. The number of rotatable bonds is 2. The Balaban J connectivity index is 1.83. The van der Waals surface area contributed by atoms with Gasteiger partial charge in [-0.05, 0) is 31.2 Å². The van der Waals surface area contributed by atoms with Crippen LogP contribution in [0.4, 0.5) is 5.82 Å². The zero-order valence-corrected chi connectivity index (χ0v) is 11.0. The molecule has 0 aromatic carbocycles. The van der Waals surface area contributed by atoms with E-state index in [-0.39, 0.29) is 0 Å². The topological polar surface area (TPSA) is 53.9 Å². The van der Waals surface area contributed by atoms with Crippen molar-refractivity contribution < 1.29 is 0 Å². The summed E-state index contributed by atoms with van der Waals surface area (Å²) in [5.41, 5.74) is 1.67. The fourth-order valence-electron chi connectivity index (χ4n) is 2.31. The van der Waals surface area contributed by atoms with Crippen LogP contribution in [0.2, 0.25) is 0 Å². The summed E-state index contributed by atoms with van der Waals surface area (Å²) < 4.78 is 0. The first-order valence-corrected chi connectivity index (χ1v) is 6.57. The summed E-state index contributed by atoms with van der Waals surface area (Å²) in [6.07, 6.45) is 1.77. The summed E-state index contributed by atoms with van der Waals surface area (Å²) in [6.45, 7) is 5.15. The van der Waals surface area contributed by atoms with Crippen LogP contribution >= 0.6 is 0 Å². The first-order chi connectivity index (χ1) is 9.34. The lowest BCUT2D eigenvalue weighted by Crippen LogP contribution is -2.50. The average Bonchev–Trinajstić information content (AvgIpc) is 2.49. The SMILES string of the molecule is CC1CNCCN1c1ccc(-c2ccccn2)nn1. The molecule has 3 heterocycles. The lowest BCUT2D eigenvalue weighted by Gasteiger charge is -2.34. The monoisotopic (exact) mass is 255 g/mol. The first-order valence-electron chi connectivity index (χ1n) is 6.57. The summed E-state index contributed by atoms with van der Waals surface area (Å²) in [5.74, 6) is 0.939. The minimum atomic E-state index is 0.448. The lowest BCUT2D eigenvalue weighted by atomic mass is 10.2. The second-order valence-electron chi connectivity index (χ2n) is 4.74. The van der Waals surface area contributed by atoms with E-state index in [1.54, 1.807) is 6.20 Å². The quantitative estimate of drug-likeness (QED) is 0.877. The molecule has 3 rings (SSSR count). The van der Waals surface area contributed by atoms with E-state index in [9.17, 15) is 0 Å². The van der Waals surface area contributed by atoms with E-state index in [1.165, 1.54) is 0 Å². The van der Waals surface area contributed by atoms with Gasteiger partial charge in [0.15, 0.2) is 5.82 Å². The van der Waals surface area contributed by atoms with E-state index in [1.807, 2.05) is 30.3 Å². The van der Waals surface area contributed by atoms with E-state index in [0.717, 1.165) is 36.8 Å². The van der Waals surface area contributed by atoms with E-state index >= 15 is 0 Å². The molecule has 0 amide bonds. The second kappa shape index (κ2) is 5.32. The molecule has 98 valence electrons. The number of nitrogens with zero attached hydrogens (tertiary/aromatic N) is 4. The van der Waals surface area contributed by atoms with Crippen molar-refractivity contribution in [3.63, 3.8) is 0 Å². The van der Waals surface area contributed by atoms with Crippen LogP contribution in [0.1, 0.15) is 6.92 Å². The number of hydrogen-bond acceptors (Lipinski definition) is 5. The molecule has 0 saturated carbocycles. The van der Waals surface area contributed by atoms with Gasteiger partial charge in [-0.1, -0.05) is 6.07 Å². The molecule has 1 atom stereocenters. The van der Waals surface area contributed by atoms with Crippen molar-refractivity contribution in [3.8, 4) is 11.4 Å². The normalized spacial score (nSPS) is 19.4. The second-order valence-corrected chi connectivity index (χ2v) is 4.74. The third-order valence-electron chi connectivity index (χ3n) is 3.37. The molecule has 1 N–H and O–H groups in total. The number of nitrogens with one attached hydrogen (secondary N) is 1. The highest BCUT2D eigenvalue weighted by atomic mass is 15.3. The molecule has 1 unspecified atom stereocenters. The van der Waals surface area contributed by atoms with Gasteiger partial charge in [-0.25, -0.2) is 0 Å². The van der Waals surface area contributed by atoms with Gasteiger partial charge in [0.2, 0.25) is 0 Å². The predicted molar refractivity (Wildman–Crippen MR) is 74.9 cm³/mol. The molecule has 0 radical (unpaired) electrons. The van der Waals surface area contributed by atoms with Crippen molar-refractivity contribution in [2.75, 3.05) is 24.5 Å². The zero-order chi connectivity index (χ0) is 13.1. The van der Waals surface area contributed by atoms with E-state index < -0.39 is 0 Å². The molecule has 1 saturated heterocycles. The van der Waals surface area contributed by atoms with Crippen LogP contribution < -0.4 is 10.2 Å². The summed E-state index contributed by atoms with van der Waals surface area (Å²) >= 11 is 0. The molecular weight excluding hydrogens is 238 g/mol. The fraction of sp³-hybridized carbons (Fsp3) is 0.357. The van der Waals surface area contributed by atoms with Gasteiger partial charge in [-0.15, -0.1) is 10.2 Å². The molecule has 0 spiro atoms. The molecule has 5 heteroatoms. The van der Waals surface area contributed by atoms with Gasteiger partial charge < -0.3 is 10.2 Å². The molecule has 0 aliphatic carbocycles. The third-order valence-corrected chi connectivity index (χ3v) is 3.37. The smallest absolute Gasteiger partial charge is 0.151 e. The van der Waals surface area contributed by atoms with Crippen molar-refractivity contribution in [2.24, 2.45) is 0 Å². The van der Waals surface area contributed by atoms with Crippen LogP contribution in [0.25, 0.3) is 11.4 Å². The van der Waals surface area contributed by atoms with Crippen molar-refractivity contribution >= 4 is 5.82 Å². The molecule has 2 aromatic rings. The zero-order valence-electron chi connectivity index (χ0n) is 11.0. The highest BCUT2D eigenvalue weighted by Gasteiger charge is 2.19. The van der Waals surface area contributed by atoms with Crippen LogP contribution in [0, 0.1) is 0 Å². The summed E-state index contributed by atoms with van der Waals surface area (Å²) in [5, 5.41) is 12.0. The Kier molecular flexibility index (Phi) is 3.37. The van der Waals surface area contributed by atoms with E-state index in [2.05, 4.69) is 32.3 Å². The van der Waals surface area contributed by atoms with Crippen molar-refractivity contribution in [2.45, 2.75) is 13.0 Å². The minimum Gasteiger partial charge on any atom is -0.350 e. The Morgan fingerprint density at radius 3 is 2.79 bits per heavy atom. The van der Waals surface area contributed by atoms with Crippen LogP contribution in [0.15, 0.2) is 36.5 Å². The summed E-state index contributed by atoms with van der Waals surface area (Å²) in [4.78, 5) is 6.56. The first kappa shape index (κ1) is 12.0. The highest BCUT2D eigenvalue weighted by Crippen LogP contribution is 2.18. The molecule has 5 nitrogen and oxygen atoms in total. The van der Waals surface area contributed by atoms with Crippen LogP contribution in [-0.2, 0) is 0 Å². The largest absolute Gasteiger partial charge is 0.350 e. The maximum Gasteiger partial charge on any atom is 0.151 e. The molecular formula is C14H17N5. The standard InChI is InChI=1S/C14H17N5/c1-11-10-15-8-9-19(11)14-6-5-13(17-18-14)12-4-2-3-7-16-12/h2-7,11,15H,8-10H2,1H3. The van der Waals surface area contributed by atoms with Crippen LogP contribution in [0.3, 0.4) is 0 Å². The van der Waals surface area contributed by atoms with Gasteiger partial charge in [-0.3, -0.25) is 4.98 Å². The Hall–Kier alpha value is -2.01.